The van der Waals surface area contributed by atoms with Crippen LogP contribution >= 0.6 is 22.7 Å². The van der Waals surface area contributed by atoms with Crippen molar-refractivity contribution < 1.29 is 14.3 Å². The van der Waals surface area contributed by atoms with Crippen molar-refractivity contribution in [1.29, 1.82) is 5.26 Å². The molecular weight excluding hydrogens is 406 g/mol. The van der Waals surface area contributed by atoms with Crippen molar-refractivity contribution in [2.24, 2.45) is 5.10 Å². The lowest BCUT2D eigenvalue weighted by Gasteiger charge is -2.21. The number of amides is 1. The van der Waals surface area contributed by atoms with Gasteiger partial charge in [-0.05, 0) is 35.0 Å². The maximum absolute atomic E-state index is 13.0. The van der Waals surface area contributed by atoms with Gasteiger partial charge < -0.3 is 9.47 Å². The number of rotatable bonds is 6. The highest BCUT2D eigenvalue weighted by Gasteiger charge is 2.34. The standard InChI is InChI=1S/C21H17N3O3S2/c1-26-18-10-14(12-22)6-7-17(18)27-13-21(25)24-16(20-5-3-9-29-20)11-15(23-24)19-4-2-8-28-19/h2-10,16H,11,13H2,1H3. The lowest BCUT2D eigenvalue weighted by molar-refractivity contribution is -0.135. The molecule has 0 spiro atoms. The van der Waals surface area contributed by atoms with Crippen molar-refractivity contribution in [3.05, 3.63) is 68.5 Å². The molecule has 0 fully saturated rings. The summed E-state index contributed by atoms with van der Waals surface area (Å²) in [6, 6.07) is 14.7. The molecule has 4 rings (SSSR count). The minimum absolute atomic E-state index is 0.133. The number of nitrogens with zero attached hydrogens (tertiary/aromatic N) is 3. The lowest BCUT2D eigenvalue weighted by atomic mass is 10.1. The third kappa shape index (κ3) is 4.01. The van der Waals surface area contributed by atoms with Crippen LogP contribution in [0.25, 0.3) is 0 Å². The van der Waals surface area contributed by atoms with E-state index in [1.165, 1.54) is 12.1 Å². The van der Waals surface area contributed by atoms with Crippen LogP contribution in [0.15, 0.2) is 58.3 Å². The second-order valence-corrected chi connectivity index (χ2v) is 8.19. The van der Waals surface area contributed by atoms with Gasteiger partial charge in [-0.15, -0.1) is 22.7 Å². The van der Waals surface area contributed by atoms with Gasteiger partial charge in [0.2, 0.25) is 0 Å². The molecule has 1 amide bonds. The lowest BCUT2D eigenvalue weighted by Crippen LogP contribution is -2.31. The second kappa shape index (κ2) is 8.47. The zero-order valence-electron chi connectivity index (χ0n) is 15.6. The zero-order valence-corrected chi connectivity index (χ0v) is 17.2. The summed E-state index contributed by atoms with van der Waals surface area (Å²) < 4.78 is 11.0. The molecular formula is C21H17N3O3S2. The van der Waals surface area contributed by atoms with Gasteiger partial charge in [0.1, 0.15) is 0 Å². The third-order valence-corrected chi connectivity index (χ3v) is 6.38. The van der Waals surface area contributed by atoms with Crippen LogP contribution in [0.3, 0.4) is 0 Å². The molecule has 0 saturated heterocycles. The maximum atomic E-state index is 13.0. The minimum atomic E-state index is -0.235. The topological polar surface area (TPSA) is 74.9 Å². The van der Waals surface area contributed by atoms with E-state index in [1.54, 1.807) is 40.9 Å². The van der Waals surface area contributed by atoms with Crippen molar-refractivity contribution in [1.82, 2.24) is 5.01 Å². The molecule has 0 aliphatic carbocycles. The van der Waals surface area contributed by atoms with Crippen LogP contribution in [-0.2, 0) is 4.79 Å². The predicted octanol–water partition coefficient (Wildman–Crippen LogP) is 4.45. The van der Waals surface area contributed by atoms with E-state index >= 15 is 0 Å². The highest BCUT2D eigenvalue weighted by Crippen LogP contribution is 2.36. The van der Waals surface area contributed by atoms with Crippen LogP contribution in [-0.4, -0.2) is 30.3 Å². The van der Waals surface area contributed by atoms with Crippen LogP contribution in [0.1, 0.15) is 27.8 Å². The molecule has 0 radical (unpaired) electrons. The number of hydrogen-bond donors (Lipinski definition) is 0. The van der Waals surface area contributed by atoms with Gasteiger partial charge >= 0.3 is 0 Å². The molecule has 1 aliphatic heterocycles. The van der Waals surface area contributed by atoms with Gasteiger partial charge in [-0.2, -0.15) is 10.4 Å². The van der Waals surface area contributed by atoms with Crippen molar-refractivity contribution in [2.45, 2.75) is 12.5 Å². The Labute approximate surface area is 176 Å². The molecule has 1 atom stereocenters. The number of nitriles is 1. The van der Waals surface area contributed by atoms with E-state index in [2.05, 4.69) is 11.2 Å². The van der Waals surface area contributed by atoms with Gasteiger partial charge in [0.05, 0.1) is 35.4 Å². The van der Waals surface area contributed by atoms with Crippen molar-refractivity contribution >= 4 is 34.3 Å². The summed E-state index contributed by atoms with van der Waals surface area (Å²) >= 11 is 3.22. The summed E-state index contributed by atoms with van der Waals surface area (Å²) in [6.07, 6.45) is 0.674. The number of benzene rings is 1. The Morgan fingerprint density at radius 2 is 2.07 bits per heavy atom. The van der Waals surface area contributed by atoms with Crippen molar-refractivity contribution in [3.8, 4) is 17.6 Å². The number of carbonyl (C=O) groups excluding carboxylic acids is 1. The van der Waals surface area contributed by atoms with Crippen LogP contribution in [0.4, 0.5) is 0 Å². The Bertz CT molecular complexity index is 1070. The van der Waals surface area contributed by atoms with E-state index in [0.717, 1.165) is 15.5 Å². The van der Waals surface area contributed by atoms with E-state index in [-0.39, 0.29) is 18.6 Å². The van der Waals surface area contributed by atoms with E-state index in [1.807, 2.05) is 35.0 Å². The highest BCUT2D eigenvalue weighted by molar-refractivity contribution is 7.12. The number of methoxy groups -OCH3 is 1. The normalized spacial score (nSPS) is 15.7. The average Bonchev–Trinajstić information content (AvgIpc) is 3.51. The molecule has 146 valence electrons. The van der Waals surface area contributed by atoms with E-state index < -0.39 is 0 Å². The second-order valence-electron chi connectivity index (χ2n) is 6.26. The number of hydrazone groups is 1. The van der Waals surface area contributed by atoms with Crippen LogP contribution in [0.2, 0.25) is 0 Å². The Morgan fingerprint density at radius 3 is 2.76 bits per heavy atom. The van der Waals surface area contributed by atoms with Crippen LogP contribution in [0, 0.1) is 11.3 Å². The Kier molecular flexibility index (Phi) is 5.60. The Hall–Kier alpha value is -3.15. The van der Waals surface area contributed by atoms with Gasteiger partial charge in [-0.3, -0.25) is 4.79 Å². The average molecular weight is 424 g/mol. The molecule has 0 saturated carbocycles. The van der Waals surface area contributed by atoms with Crippen LogP contribution < -0.4 is 9.47 Å². The number of carbonyl (C=O) groups is 1. The molecule has 6 nitrogen and oxygen atoms in total. The van der Waals surface area contributed by atoms with Crippen LogP contribution in [0.5, 0.6) is 11.5 Å². The summed E-state index contributed by atoms with van der Waals surface area (Å²) in [4.78, 5) is 15.1. The Balaban J connectivity index is 1.53. The minimum Gasteiger partial charge on any atom is -0.493 e. The smallest absolute Gasteiger partial charge is 0.281 e. The predicted molar refractivity (Wildman–Crippen MR) is 113 cm³/mol. The SMILES string of the molecule is COc1cc(C#N)ccc1OCC(=O)N1N=C(c2cccs2)CC1c1cccs1. The van der Waals surface area contributed by atoms with E-state index in [0.29, 0.717) is 23.5 Å². The van der Waals surface area contributed by atoms with Gasteiger partial charge in [-0.25, -0.2) is 5.01 Å². The quantitative estimate of drug-likeness (QED) is 0.587. The molecule has 29 heavy (non-hydrogen) atoms. The fourth-order valence-electron chi connectivity index (χ4n) is 3.10. The largest absolute Gasteiger partial charge is 0.493 e. The van der Waals surface area contributed by atoms with Crippen molar-refractivity contribution in [3.63, 3.8) is 0 Å². The zero-order chi connectivity index (χ0) is 20.2. The molecule has 1 unspecified atom stereocenters. The summed E-state index contributed by atoms with van der Waals surface area (Å²) in [5, 5.41) is 19.2. The monoisotopic (exact) mass is 423 g/mol. The summed E-state index contributed by atoms with van der Waals surface area (Å²) in [6.45, 7) is -0.175. The first kappa shape index (κ1) is 19.2. The number of ether oxygens (including phenoxy) is 2. The summed E-state index contributed by atoms with van der Waals surface area (Å²) in [5.74, 6) is 0.589. The van der Waals surface area contributed by atoms with E-state index in [4.69, 9.17) is 14.7 Å². The fourth-order valence-corrected chi connectivity index (χ4v) is 4.63. The highest BCUT2D eigenvalue weighted by atomic mass is 32.1. The maximum Gasteiger partial charge on any atom is 0.281 e. The number of hydrogen-bond acceptors (Lipinski definition) is 7. The molecule has 2 aromatic heterocycles. The first-order valence-electron chi connectivity index (χ1n) is 8.87. The first-order chi connectivity index (χ1) is 14.2. The molecule has 0 bridgehead atoms. The summed E-state index contributed by atoms with van der Waals surface area (Å²) in [5.41, 5.74) is 1.37. The Morgan fingerprint density at radius 1 is 1.24 bits per heavy atom. The van der Waals surface area contributed by atoms with Gasteiger partial charge in [0.25, 0.3) is 5.91 Å². The van der Waals surface area contributed by atoms with Gasteiger partial charge in [0, 0.05) is 17.4 Å². The fraction of sp³-hybridized carbons (Fsp3) is 0.190. The molecule has 8 heteroatoms. The summed E-state index contributed by atoms with van der Waals surface area (Å²) in [7, 11) is 1.50. The molecule has 1 aliphatic rings. The van der Waals surface area contributed by atoms with Gasteiger partial charge in [0.15, 0.2) is 18.1 Å². The third-order valence-electron chi connectivity index (χ3n) is 4.49. The molecule has 3 aromatic rings. The molecule has 1 aromatic carbocycles. The first-order valence-corrected chi connectivity index (χ1v) is 10.6. The molecule has 3 heterocycles. The van der Waals surface area contributed by atoms with Gasteiger partial charge in [-0.1, -0.05) is 12.1 Å². The molecule has 0 N–H and O–H groups in total. The number of thiophene rings is 2. The van der Waals surface area contributed by atoms with Crippen molar-refractivity contribution in [2.75, 3.05) is 13.7 Å². The van der Waals surface area contributed by atoms with E-state index in [9.17, 15) is 4.79 Å².